The van der Waals surface area contributed by atoms with Gasteiger partial charge in [-0.05, 0) is 25.0 Å². The number of carbonyl (C=O) groups is 1. The van der Waals surface area contributed by atoms with E-state index in [-0.39, 0.29) is 17.7 Å². The summed E-state index contributed by atoms with van der Waals surface area (Å²) in [5.74, 6) is -0.615. The Bertz CT molecular complexity index is 695. The van der Waals surface area contributed by atoms with Crippen LogP contribution in [0.4, 0.5) is 0 Å². The van der Waals surface area contributed by atoms with Gasteiger partial charge in [0.05, 0.1) is 13.2 Å². The van der Waals surface area contributed by atoms with Gasteiger partial charge in [0.25, 0.3) is 0 Å². The Kier molecular flexibility index (Phi) is 6.79. The normalized spacial score (nSPS) is 29.8. The molecule has 0 fully saturated rings. The zero-order valence-corrected chi connectivity index (χ0v) is 14.7. The molecular formula is C19H24O7. The number of fused-ring (bicyclic) bond motifs is 1. The summed E-state index contributed by atoms with van der Waals surface area (Å²) in [6.07, 6.45) is 2.00. The number of hydrogen-bond acceptors (Lipinski definition) is 7. The lowest BCUT2D eigenvalue weighted by atomic mass is 10.0. The lowest BCUT2D eigenvalue weighted by Crippen LogP contribution is -2.35. The molecule has 7 nitrogen and oxygen atoms in total. The number of carbonyl (C=O) groups excluding carboxylic acids is 1. The van der Waals surface area contributed by atoms with Crippen molar-refractivity contribution in [2.75, 3.05) is 7.11 Å². The largest absolute Gasteiger partial charge is 0.507 e. The average molecular weight is 364 g/mol. The highest BCUT2D eigenvalue weighted by Gasteiger charge is 2.23. The van der Waals surface area contributed by atoms with E-state index in [1.165, 1.54) is 31.4 Å². The number of phenols is 1. The minimum atomic E-state index is -1.35. The van der Waals surface area contributed by atoms with Crippen LogP contribution in [0.3, 0.4) is 0 Å². The predicted octanol–water partition coefficient (Wildman–Crippen LogP) is 1.39. The van der Waals surface area contributed by atoms with Crippen LogP contribution in [0.5, 0.6) is 11.5 Å². The number of aliphatic hydroxyl groups is 3. The highest BCUT2D eigenvalue weighted by atomic mass is 16.5. The summed E-state index contributed by atoms with van der Waals surface area (Å²) in [6.45, 7) is 1.67. The van der Waals surface area contributed by atoms with E-state index in [0.29, 0.717) is 17.7 Å². The number of hydrogen-bond donors (Lipinski definition) is 4. The first-order valence-corrected chi connectivity index (χ1v) is 8.32. The van der Waals surface area contributed by atoms with E-state index in [2.05, 4.69) is 0 Å². The summed E-state index contributed by atoms with van der Waals surface area (Å²) < 4.78 is 10.4. The number of aromatic hydroxyl groups is 1. The lowest BCUT2D eigenvalue weighted by molar-refractivity contribution is -0.0394. The molecule has 0 saturated heterocycles. The molecule has 0 saturated carbocycles. The Hall–Kier alpha value is -2.35. The molecule has 0 aromatic heterocycles. The first-order chi connectivity index (χ1) is 12.3. The van der Waals surface area contributed by atoms with E-state index in [1.807, 2.05) is 0 Å². The summed E-state index contributed by atoms with van der Waals surface area (Å²) in [7, 11) is 1.43. The van der Waals surface area contributed by atoms with Crippen molar-refractivity contribution in [3.05, 3.63) is 41.5 Å². The molecule has 142 valence electrons. The number of rotatable bonds is 1. The zero-order valence-electron chi connectivity index (χ0n) is 14.7. The summed E-state index contributed by atoms with van der Waals surface area (Å²) >= 11 is 0. The molecule has 1 heterocycles. The Morgan fingerprint density at radius 3 is 2.58 bits per heavy atom. The molecule has 26 heavy (non-hydrogen) atoms. The van der Waals surface area contributed by atoms with Crippen LogP contribution in [0.1, 0.15) is 35.7 Å². The van der Waals surface area contributed by atoms with Crippen LogP contribution in [0.25, 0.3) is 6.08 Å². The molecule has 1 aliphatic heterocycles. The van der Waals surface area contributed by atoms with Crippen LogP contribution in [0, 0.1) is 0 Å². The smallest absolute Gasteiger partial charge is 0.342 e. The van der Waals surface area contributed by atoms with Crippen LogP contribution < -0.4 is 4.74 Å². The first kappa shape index (κ1) is 20.0. The van der Waals surface area contributed by atoms with Crippen LogP contribution in [-0.4, -0.2) is 57.9 Å². The molecule has 7 heteroatoms. The van der Waals surface area contributed by atoms with Crippen LogP contribution in [0.2, 0.25) is 0 Å². The van der Waals surface area contributed by atoms with Gasteiger partial charge in [-0.25, -0.2) is 4.79 Å². The van der Waals surface area contributed by atoms with E-state index in [0.717, 1.165) is 0 Å². The van der Waals surface area contributed by atoms with Gasteiger partial charge in [0.1, 0.15) is 35.4 Å². The number of esters is 1. The van der Waals surface area contributed by atoms with Crippen molar-refractivity contribution in [1.29, 1.82) is 0 Å². The van der Waals surface area contributed by atoms with Crippen molar-refractivity contribution < 1.29 is 34.7 Å². The minimum absolute atomic E-state index is 0.00925. The molecule has 0 aliphatic carbocycles. The fraction of sp³-hybridized carbons (Fsp3) is 0.421. The number of benzene rings is 1. The molecule has 1 aliphatic rings. The van der Waals surface area contributed by atoms with Crippen molar-refractivity contribution in [3.63, 3.8) is 0 Å². The molecule has 0 unspecified atom stereocenters. The van der Waals surface area contributed by atoms with Gasteiger partial charge in [-0.3, -0.25) is 0 Å². The second kappa shape index (κ2) is 8.84. The highest BCUT2D eigenvalue weighted by molar-refractivity contribution is 5.97. The van der Waals surface area contributed by atoms with E-state index in [9.17, 15) is 25.2 Å². The van der Waals surface area contributed by atoms with E-state index < -0.39 is 30.4 Å². The third kappa shape index (κ3) is 4.85. The molecule has 4 N–H and O–H groups in total. The molecule has 0 spiro atoms. The van der Waals surface area contributed by atoms with Crippen LogP contribution >= 0.6 is 0 Å². The summed E-state index contributed by atoms with van der Waals surface area (Å²) in [5.41, 5.74) is 0.346. The molecule has 1 aromatic carbocycles. The van der Waals surface area contributed by atoms with Crippen molar-refractivity contribution in [2.24, 2.45) is 0 Å². The zero-order chi connectivity index (χ0) is 19.3. The third-order valence-corrected chi connectivity index (χ3v) is 4.09. The topological polar surface area (TPSA) is 116 Å². The molecule has 0 amide bonds. The predicted molar refractivity (Wildman–Crippen MR) is 95.0 cm³/mol. The van der Waals surface area contributed by atoms with Gasteiger partial charge >= 0.3 is 5.97 Å². The Morgan fingerprint density at radius 1 is 1.15 bits per heavy atom. The molecular weight excluding hydrogens is 340 g/mol. The second-order valence-electron chi connectivity index (χ2n) is 6.18. The first-order valence-electron chi connectivity index (χ1n) is 8.32. The third-order valence-electron chi connectivity index (χ3n) is 4.09. The van der Waals surface area contributed by atoms with Crippen molar-refractivity contribution >= 4 is 12.0 Å². The van der Waals surface area contributed by atoms with E-state index in [4.69, 9.17) is 9.47 Å². The van der Waals surface area contributed by atoms with Gasteiger partial charge in [0.15, 0.2) is 0 Å². The molecule has 0 bridgehead atoms. The van der Waals surface area contributed by atoms with Crippen LogP contribution in [0.15, 0.2) is 30.4 Å². The number of methoxy groups -OCH3 is 1. The maximum absolute atomic E-state index is 12.5. The quantitative estimate of drug-likeness (QED) is 0.439. The molecule has 2 rings (SSSR count). The number of ether oxygens (including phenoxy) is 2. The fourth-order valence-electron chi connectivity index (χ4n) is 2.61. The molecule has 0 radical (unpaired) electrons. The van der Waals surface area contributed by atoms with Gasteiger partial charge < -0.3 is 29.9 Å². The maximum Gasteiger partial charge on any atom is 0.342 e. The lowest BCUT2D eigenvalue weighted by Gasteiger charge is -2.20. The van der Waals surface area contributed by atoms with Crippen LogP contribution in [-0.2, 0) is 4.74 Å². The number of aliphatic hydroxyl groups excluding tert-OH is 3. The minimum Gasteiger partial charge on any atom is -0.507 e. The number of cyclic esters (lactones) is 1. The van der Waals surface area contributed by atoms with E-state index in [1.54, 1.807) is 19.1 Å². The summed E-state index contributed by atoms with van der Waals surface area (Å²) in [4.78, 5) is 12.5. The summed E-state index contributed by atoms with van der Waals surface area (Å²) in [6, 6.07) is 2.87. The highest BCUT2D eigenvalue weighted by Crippen LogP contribution is 2.30. The van der Waals surface area contributed by atoms with Gasteiger partial charge in [0, 0.05) is 12.5 Å². The SMILES string of the molecule is COc1cc(O)c2c(c1)/C=C/C[C@@H](O)[C@H](O)[C@H](O)/C=C/C[C@H](C)OC2=O. The van der Waals surface area contributed by atoms with Gasteiger partial charge in [-0.15, -0.1) is 0 Å². The Morgan fingerprint density at radius 2 is 1.88 bits per heavy atom. The second-order valence-corrected chi connectivity index (χ2v) is 6.18. The maximum atomic E-state index is 12.5. The Labute approximate surface area is 151 Å². The monoisotopic (exact) mass is 364 g/mol. The van der Waals surface area contributed by atoms with Gasteiger partial charge in [0.2, 0.25) is 0 Å². The number of phenolic OH excluding ortho intramolecular Hbond substituents is 1. The fourth-order valence-corrected chi connectivity index (χ4v) is 2.61. The van der Waals surface area contributed by atoms with Gasteiger partial charge in [-0.1, -0.05) is 24.3 Å². The van der Waals surface area contributed by atoms with E-state index >= 15 is 0 Å². The summed E-state index contributed by atoms with van der Waals surface area (Å²) in [5, 5.41) is 40.0. The Balaban J connectivity index is 2.44. The van der Waals surface area contributed by atoms with Crippen molar-refractivity contribution in [3.8, 4) is 11.5 Å². The molecule has 4 atom stereocenters. The standard InChI is InChI=1S/C19H24O7/c1-11-5-3-7-14(20)18(23)15(21)8-4-6-12-9-13(25-2)10-16(22)17(12)19(24)26-11/h3-4,6-7,9-11,14-15,18,20-23H,5,8H2,1-2H3/b6-4+,7-3+/t11-,14+,15+,18+/m0/s1. The average Bonchev–Trinajstić information content (AvgIpc) is 2.59. The van der Waals surface area contributed by atoms with Gasteiger partial charge in [-0.2, -0.15) is 0 Å². The molecule has 1 aromatic rings. The van der Waals surface area contributed by atoms with Crippen molar-refractivity contribution in [1.82, 2.24) is 0 Å². The van der Waals surface area contributed by atoms with Crippen molar-refractivity contribution in [2.45, 2.75) is 44.2 Å².